The van der Waals surface area contributed by atoms with Crippen LogP contribution in [-0.2, 0) is 9.31 Å². The summed E-state index contributed by atoms with van der Waals surface area (Å²) in [4.78, 5) is 13.0. The predicted molar refractivity (Wildman–Crippen MR) is 150 cm³/mol. The fourth-order valence-corrected chi connectivity index (χ4v) is 4.17. The van der Waals surface area contributed by atoms with Crippen LogP contribution in [0.5, 0.6) is 23.0 Å². The van der Waals surface area contributed by atoms with E-state index in [9.17, 15) is 9.90 Å². The van der Waals surface area contributed by atoms with Crippen LogP contribution in [0.25, 0.3) is 0 Å². The summed E-state index contributed by atoms with van der Waals surface area (Å²) in [6.45, 7) is 16.7. The molecule has 7 nitrogen and oxygen atoms in total. The summed E-state index contributed by atoms with van der Waals surface area (Å²) >= 11 is 0. The first-order valence-corrected chi connectivity index (χ1v) is 13.3. The lowest BCUT2D eigenvalue weighted by atomic mass is 9.75. The highest BCUT2D eigenvalue weighted by molar-refractivity contribution is 6.64. The number of ketones is 1. The van der Waals surface area contributed by atoms with E-state index in [2.05, 4.69) is 0 Å². The average molecular weight is 526 g/mol. The topological polar surface area (TPSA) is 83.5 Å². The number of ether oxygens (including phenoxy) is 3. The average Bonchev–Trinajstić information content (AvgIpc) is 3.01. The molecule has 1 fully saturated rings. The van der Waals surface area contributed by atoms with Gasteiger partial charge in [-0.15, -0.1) is 0 Å². The minimum Gasteiger partial charge on any atom is -0.507 e. The van der Waals surface area contributed by atoms with Gasteiger partial charge >= 0.3 is 7.12 Å². The number of unbranched alkanes of at least 4 members (excludes halogenated alkanes) is 1. The van der Waals surface area contributed by atoms with Crippen LogP contribution in [0.2, 0.25) is 0 Å². The lowest BCUT2D eigenvalue weighted by Crippen LogP contribution is -2.41. The van der Waals surface area contributed by atoms with Gasteiger partial charge in [0.15, 0.2) is 17.3 Å². The zero-order chi connectivity index (χ0) is 28.3. The van der Waals surface area contributed by atoms with E-state index in [-0.39, 0.29) is 22.5 Å². The van der Waals surface area contributed by atoms with Gasteiger partial charge in [-0.1, -0.05) is 26.8 Å². The van der Waals surface area contributed by atoms with E-state index in [1.807, 2.05) is 73.6 Å². The number of phenols is 1. The van der Waals surface area contributed by atoms with Crippen molar-refractivity contribution in [2.45, 2.75) is 85.9 Å². The Balaban J connectivity index is 1.72. The maximum absolute atomic E-state index is 13.0. The highest BCUT2D eigenvalue weighted by Gasteiger charge is 2.53. The van der Waals surface area contributed by atoms with Crippen molar-refractivity contribution in [2.24, 2.45) is 5.41 Å². The third kappa shape index (κ3) is 7.03. The highest BCUT2D eigenvalue weighted by atomic mass is 16.7. The second kappa shape index (κ2) is 11.6. The van der Waals surface area contributed by atoms with Crippen molar-refractivity contribution in [3.8, 4) is 23.0 Å². The molecule has 0 spiro atoms. The molecule has 208 valence electrons. The molecular weight excluding hydrogens is 483 g/mol. The molecule has 0 bridgehead atoms. The van der Waals surface area contributed by atoms with Crippen LogP contribution in [0.15, 0.2) is 30.3 Å². The molecule has 0 unspecified atom stereocenters. The Morgan fingerprint density at radius 1 is 0.921 bits per heavy atom. The number of aromatic hydroxyl groups is 1. The Morgan fingerprint density at radius 2 is 1.47 bits per heavy atom. The molecule has 0 atom stereocenters. The lowest BCUT2D eigenvalue weighted by Gasteiger charge is -2.32. The van der Waals surface area contributed by atoms with Crippen molar-refractivity contribution in [1.82, 2.24) is 0 Å². The molecule has 1 aliphatic heterocycles. The number of aryl methyl sites for hydroxylation is 1. The Labute approximate surface area is 227 Å². The summed E-state index contributed by atoms with van der Waals surface area (Å²) in [5.74, 6) is 1.58. The number of hydrogen-bond donors (Lipinski definition) is 1. The molecule has 1 N–H and O–H groups in total. The molecule has 8 heteroatoms. The van der Waals surface area contributed by atoms with Crippen LogP contribution in [0.4, 0.5) is 0 Å². The molecule has 2 aromatic carbocycles. The van der Waals surface area contributed by atoms with E-state index in [0.717, 1.165) is 24.2 Å². The van der Waals surface area contributed by atoms with Gasteiger partial charge < -0.3 is 28.6 Å². The van der Waals surface area contributed by atoms with E-state index >= 15 is 0 Å². The Hall–Kier alpha value is -2.71. The zero-order valence-corrected chi connectivity index (χ0v) is 24.4. The monoisotopic (exact) mass is 526 g/mol. The van der Waals surface area contributed by atoms with Gasteiger partial charge in [0.1, 0.15) is 11.5 Å². The number of carbonyl (C=O) groups excluding carboxylic acids is 1. The second-order valence-electron chi connectivity index (χ2n) is 12.2. The van der Waals surface area contributed by atoms with Crippen molar-refractivity contribution < 1.29 is 33.4 Å². The molecule has 0 aliphatic carbocycles. The molecule has 1 saturated heterocycles. The van der Waals surface area contributed by atoms with Gasteiger partial charge in [-0.25, -0.2) is 0 Å². The molecule has 38 heavy (non-hydrogen) atoms. The van der Waals surface area contributed by atoms with Gasteiger partial charge in [0.2, 0.25) is 0 Å². The molecule has 0 amide bonds. The van der Waals surface area contributed by atoms with E-state index in [1.165, 1.54) is 0 Å². The van der Waals surface area contributed by atoms with Crippen molar-refractivity contribution in [2.75, 3.05) is 20.3 Å². The molecule has 1 aliphatic rings. The predicted octanol–water partition coefficient (Wildman–Crippen LogP) is 5.87. The smallest absolute Gasteiger partial charge is 0.502 e. The summed E-state index contributed by atoms with van der Waals surface area (Å²) in [7, 11) is 0.759. The van der Waals surface area contributed by atoms with Crippen LogP contribution >= 0.6 is 0 Å². The summed E-state index contributed by atoms with van der Waals surface area (Å²) in [6.07, 6.45) is 1.79. The third-order valence-corrected chi connectivity index (χ3v) is 7.03. The van der Waals surface area contributed by atoms with Crippen LogP contribution in [0.3, 0.4) is 0 Å². The van der Waals surface area contributed by atoms with Gasteiger partial charge in [0.05, 0.1) is 42.6 Å². The van der Waals surface area contributed by atoms with Gasteiger partial charge in [-0.3, -0.25) is 4.79 Å². The fraction of sp³-hybridized carbons (Fsp3) is 0.567. The SMILES string of the molecule is COc1ccc(C)cc1OCCCCOc1ccc(C(=O)CC(C)(C)C)c(O)c1B1OC(C)(C)C(C)(C)O1. The van der Waals surface area contributed by atoms with Crippen LogP contribution in [0, 0.1) is 12.3 Å². The summed E-state index contributed by atoms with van der Waals surface area (Å²) in [5, 5.41) is 11.3. The van der Waals surface area contributed by atoms with Crippen molar-refractivity contribution in [3.63, 3.8) is 0 Å². The van der Waals surface area contributed by atoms with Crippen LogP contribution in [0.1, 0.15) is 83.7 Å². The summed E-state index contributed by atoms with van der Waals surface area (Å²) in [6, 6.07) is 9.18. The minimum absolute atomic E-state index is 0.136. The van der Waals surface area contributed by atoms with E-state index in [0.29, 0.717) is 36.6 Å². The van der Waals surface area contributed by atoms with Gasteiger partial charge in [-0.05, 0) is 82.7 Å². The molecule has 3 rings (SSSR count). The maximum atomic E-state index is 13.0. The number of carbonyl (C=O) groups is 1. The first kappa shape index (κ1) is 29.8. The Kier molecular flexibility index (Phi) is 9.10. The number of Topliss-reactive ketones (excluding diaryl/α,β-unsaturated/α-hetero) is 1. The number of benzene rings is 2. The number of rotatable bonds is 11. The van der Waals surface area contributed by atoms with E-state index in [1.54, 1.807) is 19.2 Å². The highest BCUT2D eigenvalue weighted by Crippen LogP contribution is 2.39. The first-order chi connectivity index (χ1) is 17.6. The summed E-state index contributed by atoms with van der Waals surface area (Å²) < 4.78 is 29.8. The molecule has 0 radical (unpaired) electrons. The van der Waals surface area contributed by atoms with E-state index in [4.69, 9.17) is 23.5 Å². The maximum Gasteiger partial charge on any atom is 0.502 e. The number of hydrogen-bond acceptors (Lipinski definition) is 7. The quantitative estimate of drug-likeness (QED) is 0.223. The fourth-order valence-electron chi connectivity index (χ4n) is 4.17. The normalized spacial score (nSPS) is 16.4. The number of methoxy groups -OCH3 is 1. The van der Waals surface area contributed by atoms with Gasteiger partial charge in [-0.2, -0.15) is 0 Å². The Bertz CT molecular complexity index is 1120. The molecular formula is C30H43BO7. The zero-order valence-electron chi connectivity index (χ0n) is 24.4. The van der Waals surface area contributed by atoms with Crippen molar-refractivity contribution >= 4 is 18.4 Å². The third-order valence-electron chi connectivity index (χ3n) is 7.03. The van der Waals surface area contributed by atoms with Gasteiger partial charge in [0, 0.05) is 6.42 Å². The molecule has 2 aromatic rings. The first-order valence-electron chi connectivity index (χ1n) is 13.3. The Morgan fingerprint density at radius 3 is 2.03 bits per heavy atom. The number of phenolic OH excluding ortho intramolecular Hbond substituents is 1. The molecule has 0 aromatic heterocycles. The van der Waals surface area contributed by atoms with Crippen LogP contribution in [-0.4, -0.2) is 49.5 Å². The molecule has 1 heterocycles. The lowest BCUT2D eigenvalue weighted by molar-refractivity contribution is 0.00578. The largest absolute Gasteiger partial charge is 0.507 e. The van der Waals surface area contributed by atoms with Crippen LogP contribution < -0.4 is 19.7 Å². The van der Waals surface area contributed by atoms with E-state index < -0.39 is 18.3 Å². The molecule has 0 saturated carbocycles. The minimum atomic E-state index is -0.866. The van der Waals surface area contributed by atoms with Gasteiger partial charge in [0.25, 0.3) is 0 Å². The standard InChI is InChI=1S/C30H43BO7/c1-20-12-14-23(34-9)25(18-20)36-17-11-10-16-35-24-15-13-21(22(32)19-28(2,3)4)27(33)26(24)31-37-29(5,6)30(7,8)38-31/h12-15,18,33H,10-11,16-17,19H2,1-9H3. The van der Waals surface area contributed by atoms with Crippen molar-refractivity contribution in [1.29, 1.82) is 0 Å². The van der Waals surface area contributed by atoms with Crippen molar-refractivity contribution in [3.05, 3.63) is 41.5 Å². The summed E-state index contributed by atoms with van der Waals surface area (Å²) in [5.41, 5.74) is 0.264. The second-order valence-corrected chi connectivity index (χ2v) is 12.2.